The third-order valence-corrected chi connectivity index (χ3v) is 4.35. The zero-order chi connectivity index (χ0) is 14.8. The van der Waals surface area contributed by atoms with E-state index in [1.807, 2.05) is 19.1 Å². The third kappa shape index (κ3) is 4.02. The molecule has 0 unspecified atom stereocenters. The third-order valence-electron chi connectivity index (χ3n) is 3.49. The highest BCUT2D eigenvalue weighted by Gasteiger charge is 2.21. The number of aryl methyl sites for hydroxylation is 1. The molecule has 0 saturated heterocycles. The van der Waals surface area contributed by atoms with Gasteiger partial charge in [0.05, 0.1) is 4.47 Å². The van der Waals surface area contributed by atoms with Crippen molar-refractivity contribution in [1.29, 1.82) is 0 Å². The van der Waals surface area contributed by atoms with Crippen LogP contribution in [0.3, 0.4) is 0 Å². The standard InChI is InChI=1S/C16H17BrClNO2/c1-10-11(8-19-13-3-4-13)6-14(21-10)9-20-16-5-2-12(18)7-15(16)17/h2,5-7,13,19H,3-4,8-9H2,1H3. The minimum atomic E-state index is 0.407. The monoisotopic (exact) mass is 369 g/mol. The quantitative estimate of drug-likeness (QED) is 0.790. The molecule has 0 spiro atoms. The van der Waals surface area contributed by atoms with Crippen molar-refractivity contribution in [3.05, 3.63) is 50.8 Å². The lowest BCUT2D eigenvalue weighted by atomic mass is 10.2. The summed E-state index contributed by atoms with van der Waals surface area (Å²) in [4.78, 5) is 0. The van der Waals surface area contributed by atoms with E-state index in [1.54, 1.807) is 6.07 Å². The topological polar surface area (TPSA) is 34.4 Å². The van der Waals surface area contributed by atoms with Gasteiger partial charge in [0, 0.05) is 23.2 Å². The van der Waals surface area contributed by atoms with E-state index in [0.717, 1.165) is 28.3 Å². The zero-order valence-corrected chi connectivity index (χ0v) is 14.1. The first-order valence-corrected chi connectivity index (χ1v) is 8.18. The molecule has 1 heterocycles. The van der Waals surface area contributed by atoms with Gasteiger partial charge in [-0.05, 0) is 60.0 Å². The van der Waals surface area contributed by atoms with Crippen LogP contribution in [0.1, 0.15) is 29.9 Å². The van der Waals surface area contributed by atoms with Gasteiger partial charge in [-0.3, -0.25) is 0 Å². The van der Waals surface area contributed by atoms with Crippen LogP contribution >= 0.6 is 27.5 Å². The Hall–Kier alpha value is -0.970. The first-order chi connectivity index (χ1) is 10.1. The van der Waals surface area contributed by atoms with Gasteiger partial charge >= 0.3 is 0 Å². The van der Waals surface area contributed by atoms with E-state index in [4.69, 9.17) is 20.8 Å². The normalized spacial score (nSPS) is 14.4. The van der Waals surface area contributed by atoms with Crippen LogP contribution in [0.25, 0.3) is 0 Å². The zero-order valence-electron chi connectivity index (χ0n) is 11.8. The lowest BCUT2D eigenvalue weighted by Crippen LogP contribution is -2.15. The Balaban J connectivity index is 1.60. The molecule has 21 heavy (non-hydrogen) atoms. The largest absolute Gasteiger partial charge is 0.484 e. The van der Waals surface area contributed by atoms with Crippen LogP contribution < -0.4 is 10.1 Å². The summed E-state index contributed by atoms with van der Waals surface area (Å²) in [5, 5.41) is 4.17. The van der Waals surface area contributed by atoms with E-state index >= 15 is 0 Å². The molecule has 112 valence electrons. The summed E-state index contributed by atoms with van der Waals surface area (Å²) in [6.07, 6.45) is 2.58. The summed E-state index contributed by atoms with van der Waals surface area (Å²) >= 11 is 9.35. The average molecular weight is 371 g/mol. The fourth-order valence-electron chi connectivity index (χ4n) is 2.12. The van der Waals surface area contributed by atoms with Crippen molar-refractivity contribution in [3.8, 4) is 5.75 Å². The second-order valence-electron chi connectivity index (χ2n) is 5.31. The van der Waals surface area contributed by atoms with Gasteiger partial charge in [0.2, 0.25) is 0 Å². The molecule has 0 bridgehead atoms. The average Bonchev–Trinajstić information content (AvgIpc) is 3.20. The molecule has 3 nitrogen and oxygen atoms in total. The molecule has 1 fully saturated rings. The van der Waals surface area contributed by atoms with Gasteiger partial charge in [0.25, 0.3) is 0 Å². The molecule has 3 rings (SSSR count). The Bertz CT molecular complexity index is 637. The molecule has 1 aliphatic carbocycles. The molecular weight excluding hydrogens is 354 g/mol. The second-order valence-corrected chi connectivity index (χ2v) is 6.60. The molecule has 1 aromatic heterocycles. The van der Waals surface area contributed by atoms with E-state index in [9.17, 15) is 0 Å². The van der Waals surface area contributed by atoms with Crippen LogP contribution in [-0.4, -0.2) is 6.04 Å². The van der Waals surface area contributed by atoms with Crippen molar-refractivity contribution in [3.63, 3.8) is 0 Å². The predicted molar refractivity (Wildman–Crippen MR) is 86.8 cm³/mol. The van der Waals surface area contributed by atoms with Crippen molar-refractivity contribution in [2.75, 3.05) is 0 Å². The molecule has 1 N–H and O–H groups in total. The van der Waals surface area contributed by atoms with Crippen molar-refractivity contribution in [1.82, 2.24) is 5.32 Å². The van der Waals surface area contributed by atoms with Crippen LogP contribution in [0, 0.1) is 6.92 Å². The Kier molecular flexibility index (Phi) is 4.57. The highest BCUT2D eigenvalue weighted by atomic mass is 79.9. The van der Waals surface area contributed by atoms with Gasteiger partial charge in [0.1, 0.15) is 23.9 Å². The smallest absolute Gasteiger partial charge is 0.146 e. The maximum atomic E-state index is 5.91. The Morgan fingerprint density at radius 2 is 2.19 bits per heavy atom. The summed E-state index contributed by atoms with van der Waals surface area (Å²) in [7, 11) is 0. The molecule has 1 aliphatic rings. The second kappa shape index (κ2) is 6.42. The van der Waals surface area contributed by atoms with Gasteiger partial charge in [0.15, 0.2) is 0 Å². The Morgan fingerprint density at radius 1 is 1.38 bits per heavy atom. The summed E-state index contributed by atoms with van der Waals surface area (Å²) in [6, 6.07) is 8.23. The number of hydrogen-bond acceptors (Lipinski definition) is 3. The van der Waals surface area contributed by atoms with E-state index in [0.29, 0.717) is 17.7 Å². The van der Waals surface area contributed by atoms with Crippen LogP contribution in [0.2, 0.25) is 5.02 Å². The van der Waals surface area contributed by atoms with Crippen molar-refractivity contribution in [2.45, 2.75) is 39.0 Å². The maximum absolute atomic E-state index is 5.91. The molecule has 0 aliphatic heterocycles. The molecular formula is C16H17BrClNO2. The van der Waals surface area contributed by atoms with E-state index in [1.165, 1.54) is 18.4 Å². The SMILES string of the molecule is Cc1oc(COc2ccc(Cl)cc2Br)cc1CNC1CC1. The van der Waals surface area contributed by atoms with E-state index in [-0.39, 0.29) is 0 Å². The first kappa shape index (κ1) is 14.9. The summed E-state index contributed by atoms with van der Waals surface area (Å²) < 4.78 is 12.4. The minimum Gasteiger partial charge on any atom is -0.484 e. The number of benzene rings is 1. The molecule has 0 radical (unpaired) electrons. The van der Waals surface area contributed by atoms with Crippen LogP contribution in [-0.2, 0) is 13.2 Å². The predicted octanol–water partition coefficient (Wildman–Crippen LogP) is 4.83. The van der Waals surface area contributed by atoms with Gasteiger partial charge < -0.3 is 14.5 Å². The fourth-order valence-corrected chi connectivity index (χ4v) is 2.91. The van der Waals surface area contributed by atoms with E-state index < -0.39 is 0 Å². The Morgan fingerprint density at radius 3 is 2.90 bits per heavy atom. The number of hydrogen-bond donors (Lipinski definition) is 1. The number of halogens is 2. The molecule has 0 atom stereocenters. The Labute approximate surface area is 137 Å². The number of furan rings is 1. The maximum Gasteiger partial charge on any atom is 0.146 e. The molecule has 5 heteroatoms. The van der Waals surface area contributed by atoms with Crippen molar-refractivity contribution >= 4 is 27.5 Å². The molecule has 2 aromatic rings. The summed E-state index contributed by atoms with van der Waals surface area (Å²) in [5.41, 5.74) is 1.20. The van der Waals surface area contributed by atoms with Crippen LogP contribution in [0.4, 0.5) is 0 Å². The van der Waals surface area contributed by atoms with Crippen LogP contribution in [0.5, 0.6) is 5.75 Å². The molecule has 0 amide bonds. The number of nitrogens with one attached hydrogen (secondary N) is 1. The molecule has 1 saturated carbocycles. The highest BCUT2D eigenvalue weighted by molar-refractivity contribution is 9.10. The lowest BCUT2D eigenvalue weighted by molar-refractivity contribution is 0.266. The van der Waals surface area contributed by atoms with Crippen molar-refractivity contribution < 1.29 is 9.15 Å². The van der Waals surface area contributed by atoms with Gasteiger partial charge in [-0.25, -0.2) is 0 Å². The van der Waals surface area contributed by atoms with Crippen LogP contribution in [0.15, 0.2) is 33.2 Å². The fraction of sp³-hybridized carbons (Fsp3) is 0.375. The summed E-state index contributed by atoms with van der Waals surface area (Å²) in [5.74, 6) is 2.55. The minimum absolute atomic E-state index is 0.407. The summed E-state index contributed by atoms with van der Waals surface area (Å²) in [6.45, 7) is 3.26. The van der Waals surface area contributed by atoms with Gasteiger partial charge in [-0.1, -0.05) is 11.6 Å². The van der Waals surface area contributed by atoms with Gasteiger partial charge in [-0.2, -0.15) is 0 Å². The van der Waals surface area contributed by atoms with E-state index in [2.05, 4.69) is 27.3 Å². The number of rotatable bonds is 6. The highest BCUT2D eigenvalue weighted by Crippen LogP contribution is 2.29. The molecule has 1 aromatic carbocycles. The first-order valence-electron chi connectivity index (χ1n) is 7.01. The van der Waals surface area contributed by atoms with Gasteiger partial charge in [-0.15, -0.1) is 0 Å². The number of ether oxygens (including phenoxy) is 1. The van der Waals surface area contributed by atoms with Crippen molar-refractivity contribution in [2.24, 2.45) is 0 Å². The lowest BCUT2D eigenvalue weighted by Gasteiger charge is -2.06.